The second-order valence-electron chi connectivity index (χ2n) is 9.59. The number of rotatable bonds is 7. The Hall–Kier alpha value is -4.30. The molecular formula is C27H25F3N6O4S. The Labute approximate surface area is 235 Å². The number of urea groups is 1. The van der Waals surface area contributed by atoms with E-state index in [4.69, 9.17) is 0 Å². The number of hydrogen-bond donors (Lipinski definition) is 5. The molecule has 4 aromatic rings. The summed E-state index contributed by atoms with van der Waals surface area (Å²) in [5, 5.41) is 19.0. The van der Waals surface area contributed by atoms with Crippen molar-refractivity contribution in [3.63, 3.8) is 0 Å². The van der Waals surface area contributed by atoms with Crippen molar-refractivity contribution in [2.75, 3.05) is 25.0 Å². The van der Waals surface area contributed by atoms with Gasteiger partial charge in [-0.1, -0.05) is 0 Å². The second kappa shape index (κ2) is 11.3. The van der Waals surface area contributed by atoms with Crippen LogP contribution in [0.25, 0.3) is 32.6 Å². The Kier molecular flexibility index (Phi) is 7.78. The molecule has 1 unspecified atom stereocenters. The zero-order valence-electron chi connectivity index (χ0n) is 21.7. The van der Waals surface area contributed by atoms with E-state index in [1.165, 1.54) is 12.3 Å². The van der Waals surface area contributed by atoms with Crippen LogP contribution in [0, 0.1) is 5.92 Å². The normalized spacial score (nSPS) is 15.3. The highest BCUT2D eigenvalue weighted by Crippen LogP contribution is 2.40. The number of anilines is 1. The molecular weight excluding hydrogens is 561 g/mol. The van der Waals surface area contributed by atoms with Crippen molar-refractivity contribution in [3.05, 3.63) is 63.0 Å². The third kappa shape index (κ3) is 5.93. The molecule has 1 aliphatic heterocycles. The van der Waals surface area contributed by atoms with E-state index in [2.05, 4.69) is 30.9 Å². The fourth-order valence-electron chi connectivity index (χ4n) is 4.85. The van der Waals surface area contributed by atoms with Crippen molar-refractivity contribution >= 4 is 40.1 Å². The molecule has 14 heteroatoms. The first-order valence-corrected chi connectivity index (χ1v) is 13.6. The molecule has 0 bridgehead atoms. The van der Waals surface area contributed by atoms with E-state index in [0.29, 0.717) is 29.6 Å². The van der Waals surface area contributed by atoms with Crippen LogP contribution in [0.3, 0.4) is 0 Å². The van der Waals surface area contributed by atoms with Crippen LogP contribution in [0.2, 0.25) is 0 Å². The summed E-state index contributed by atoms with van der Waals surface area (Å²) in [6, 6.07) is 4.21. The van der Waals surface area contributed by atoms with Crippen LogP contribution in [0.4, 0.5) is 23.8 Å². The fourth-order valence-corrected chi connectivity index (χ4v) is 5.71. The molecule has 1 aromatic carbocycles. The molecule has 0 aliphatic carbocycles. The minimum absolute atomic E-state index is 0.0375. The number of fused-ring (bicyclic) bond motifs is 1. The highest BCUT2D eigenvalue weighted by molar-refractivity contribution is 7.13. The topological polar surface area (TPSA) is 149 Å². The van der Waals surface area contributed by atoms with Gasteiger partial charge in [-0.25, -0.2) is 19.6 Å². The molecule has 5 rings (SSSR count). The predicted octanol–water partition coefficient (Wildman–Crippen LogP) is 4.72. The maximum atomic E-state index is 13.5. The van der Waals surface area contributed by atoms with E-state index in [1.54, 1.807) is 19.1 Å². The van der Waals surface area contributed by atoms with Gasteiger partial charge in [0.25, 0.3) is 0 Å². The number of aromatic carboxylic acids is 1. The lowest BCUT2D eigenvalue weighted by Crippen LogP contribution is -2.28. The van der Waals surface area contributed by atoms with Crippen molar-refractivity contribution in [1.29, 1.82) is 0 Å². The summed E-state index contributed by atoms with van der Waals surface area (Å²) in [5.41, 5.74) is 0.197. The number of carbonyl (C=O) groups excluding carboxylic acids is 1. The molecule has 1 aliphatic rings. The van der Waals surface area contributed by atoms with Gasteiger partial charge < -0.3 is 20.7 Å². The summed E-state index contributed by atoms with van der Waals surface area (Å²) in [6.45, 7) is 3.70. The first-order chi connectivity index (χ1) is 19.5. The zero-order chi connectivity index (χ0) is 29.3. The number of nitrogens with one attached hydrogen (secondary N) is 4. The number of aromatic amines is 1. The van der Waals surface area contributed by atoms with Crippen LogP contribution in [0.5, 0.6) is 0 Å². The van der Waals surface area contributed by atoms with Gasteiger partial charge in [-0.05, 0) is 68.1 Å². The summed E-state index contributed by atoms with van der Waals surface area (Å²) < 4.78 is 40.4. The Morgan fingerprint density at radius 1 is 1.20 bits per heavy atom. The minimum atomic E-state index is -4.66. The molecule has 4 heterocycles. The van der Waals surface area contributed by atoms with Crippen molar-refractivity contribution in [3.8, 4) is 21.7 Å². The average molecular weight is 587 g/mol. The van der Waals surface area contributed by atoms with Gasteiger partial charge >= 0.3 is 18.2 Å². The number of thiazole rings is 1. The lowest BCUT2D eigenvalue weighted by molar-refractivity contribution is -0.140. The molecule has 1 saturated heterocycles. The number of carboxylic acids is 1. The van der Waals surface area contributed by atoms with E-state index >= 15 is 0 Å². The quantitative estimate of drug-likeness (QED) is 0.210. The van der Waals surface area contributed by atoms with Gasteiger partial charge in [0, 0.05) is 46.3 Å². The number of aromatic nitrogens is 3. The highest BCUT2D eigenvalue weighted by atomic mass is 32.1. The number of carbonyl (C=O) groups is 2. The van der Waals surface area contributed by atoms with E-state index < -0.39 is 34.9 Å². The summed E-state index contributed by atoms with van der Waals surface area (Å²) in [5.74, 6) is -1.03. The first-order valence-electron chi connectivity index (χ1n) is 12.8. The number of halogens is 3. The van der Waals surface area contributed by atoms with E-state index in [1.807, 2.05) is 0 Å². The molecule has 0 spiro atoms. The smallest absolute Gasteiger partial charge is 0.434 e. The van der Waals surface area contributed by atoms with Crippen LogP contribution in [0.15, 0.2) is 40.8 Å². The number of benzene rings is 1. The SMILES string of the molecule is CCNC(=O)Nc1cc(-c2nc(C(F)(F)F)cs2)c(-c2cc3c(=O)c(C(=O)O)c[nH]c3cc2CC2CCNC2)cn1. The van der Waals surface area contributed by atoms with Crippen molar-refractivity contribution in [1.82, 2.24) is 25.6 Å². The van der Waals surface area contributed by atoms with Gasteiger partial charge in [-0.15, -0.1) is 11.3 Å². The number of alkyl halides is 3. The first kappa shape index (κ1) is 28.2. The van der Waals surface area contributed by atoms with Gasteiger partial charge in [0.1, 0.15) is 16.4 Å². The average Bonchev–Trinajstić information content (AvgIpc) is 3.61. The monoisotopic (exact) mass is 586 g/mol. The minimum Gasteiger partial charge on any atom is -0.477 e. The molecule has 2 amide bonds. The van der Waals surface area contributed by atoms with Crippen LogP contribution >= 0.6 is 11.3 Å². The molecule has 5 N–H and O–H groups in total. The third-order valence-corrected chi connectivity index (χ3v) is 7.68. The summed E-state index contributed by atoms with van der Waals surface area (Å²) in [6.07, 6.45) is -0.595. The van der Waals surface area contributed by atoms with Crippen LogP contribution in [-0.4, -0.2) is 51.7 Å². The van der Waals surface area contributed by atoms with Crippen molar-refractivity contribution < 1.29 is 27.9 Å². The number of pyridine rings is 2. The molecule has 214 valence electrons. The Morgan fingerprint density at radius 3 is 2.66 bits per heavy atom. The van der Waals surface area contributed by atoms with E-state index in [0.717, 1.165) is 48.0 Å². The third-order valence-electron chi connectivity index (χ3n) is 6.80. The van der Waals surface area contributed by atoms with Crippen LogP contribution < -0.4 is 21.4 Å². The Balaban J connectivity index is 1.74. The lowest BCUT2D eigenvalue weighted by Gasteiger charge is -2.18. The molecule has 1 atom stereocenters. The van der Waals surface area contributed by atoms with Crippen molar-refractivity contribution in [2.45, 2.75) is 25.9 Å². The van der Waals surface area contributed by atoms with Crippen molar-refractivity contribution in [2.24, 2.45) is 5.92 Å². The standard InChI is InChI=1S/C27H25F3N6O4S/c1-2-32-26(40)36-22-8-16(24-35-21(12-41-24)27(28,29)30)18(10-34-22)15-7-17-20(33-11-19(23(17)37)25(38)39)6-14(15)5-13-3-4-31-9-13/h6-8,10-13,31H,2-5,9H2,1H3,(H,33,37)(H,38,39)(H2,32,34,36,40). The lowest BCUT2D eigenvalue weighted by atomic mass is 9.89. The molecule has 1 fully saturated rings. The van der Waals surface area contributed by atoms with E-state index in [9.17, 15) is 32.7 Å². The molecule has 3 aromatic heterocycles. The zero-order valence-corrected chi connectivity index (χ0v) is 22.5. The number of H-pyrrole nitrogens is 1. The molecule has 41 heavy (non-hydrogen) atoms. The molecule has 10 nitrogen and oxygen atoms in total. The Bertz CT molecular complexity index is 1690. The number of carboxylic acid groups (broad SMARTS) is 1. The summed E-state index contributed by atoms with van der Waals surface area (Å²) in [4.78, 5) is 47.9. The summed E-state index contributed by atoms with van der Waals surface area (Å²) >= 11 is 0.785. The maximum Gasteiger partial charge on any atom is 0.434 e. The van der Waals surface area contributed by atoms with Crippen LogP contribution in [-0.2, 0) is 12.6 Å². The summed E-state index contributed by atoms with van der Waals surface area (Å²) in [7, 11) is 0. The highest BCUT2D eigenvalue weighted by Gasteiger charge is 2.34. The van der Waals surface area contributed by atoms with E-state index in [-0.39, 0.29) is 27.7 Å². The molecule has 0 radical (unpaired) electrons. The van der Waals surface area contributed by atoms with Crippen LogP contribution in [0.1, 0.15) is 35.0 Å². The van der Waals surface area contributed by atoms with Gasteiger partial charge in [0.05, 0.1) is 0 Å². The maximum absolute atomic E-state index is 13.5. The number of hydrogen-bond acceptors (Lipinski definition) is 7. The van der Waals surface area contributed by atoms with Gasteiger partial charge in [0.2, 0.25) is 5.43 Å². The fraction of sp³-hybridized carbons (Fsp3) is 0.296. The second-order valence-corrected chi connectivity index (χ2v) is 10.4. The molecule has 0 saturated carbocycles. The number of amides is 2. The van der Waals surface area contributed by atoms with Gasteiger partial charge in [-0.3, -0.25) is 10.1 Å². The largest absolute Gasteiger partial charge is 0.477 e. The van der Waals surface area contributed by atoms with Gasteiger partial charge in [-0.2, -0.15) is 13.2 Å². The number of nitrogens with zero attached hydrogens (tertiary/aromatic N) is 2. The predicted molar refractivity (Wildman–Crippen MR) is 148 cm³/mol. The Morgan fingerprint density at radius 2 is 2.00 bits per heavy atom. The van der Waals surface area contributed by atoms with Gasteiger partial charge in [0.15, 0.2) is 5.69 Å².